The van der Waals surface area contributed by atoms with Crippen molar-refractivity contribution in [2.45, 2.75) is 341 Å². The molecule has 0 bridgehead atoms. The average molecular weight is 1420 g/mol. The number of esters is 2. The van der Waals surface area contributed by atoms with Gasteiger partial charge in [-0.3, -0.25) is 18.6 Å². The molecule has 2 unspecified atom stereocenters. The Balaban J connectivity index is 3.87. The summed E-state index contributed by atoms with van der Waals surface area (Å²) in [6.45, 7) is 3.53. The highest BCUT2D eigenvalue weighted by Gasteiger charge is 2.26. The number of carbonyl (C=O) groups excluding carboxylic acids is 2. The number of ether oxygens (including phenoxy) is 2. The Morgan fingerprint density at radius 3 is 0.762 bits per heavy atom. The molecule has 101 heavy (non-hydrogen) atoms. The van der Waals surface area contributed by atoms with E-state index in [4.69, 9.17) is 24.3 Å². The molecule has 0 aliphatic rings. The monoisotopic (exact) mass is 1420 g/mol. The molecule has 0 aromatic heterocycles. The maximum atomic E-state index is 12.8. The summed E-state index contributed by atoms with van der Waals surface area (Å²) < 4.78 is 33.3. The fourth-order valence-corrected chi connectivity index (χ4v) is 11.8. The fourth-order valence-electron chi connectivity index (χ4n) is 11.0. The van der Waals surface area contributed by atoms with Gasteiger partial charge in [0.15, 0.2) is 6.10 Å². The van der Waals surface area contributed by atoms with Gasteiger partial charge in [-0.05, 0) is 141 Å². The van der Waals surface area contributed by atoms with Crippen LogP contribution in [0.15, 0.2) is 194 Å². The van der Waals surface area contributed by atoms with Crippen molar-refractivity contribution >= 4 is 19.8 Å². The lowest BCUT2D eigenvalue weighted by atomic mass is 10.0. The number of allylic oxidation sites excluding steroid dienone is 32. The first-order valence-electron chi connectivity index (χ1n) is 40.9. The highest BCUT2D eigenvalue weighted by molar-refractivity contribution is 7.47. The summed E-state index contributed by atoms with van der Waals surface area (Å²) in [6.07, 6.45) is 127. The molecule has 0 aromatic rings. The van der Waals surface area contributed by atoms with Crippen molar-refractivity contribution in [2.24, 2.45) is 5.73 Å². The van der Waals surface area contributed by atoms with E-state index in [-0.39, 0.29) is 38.6 Å². The highest BCUT2D eigenvalue weighted by atomic mass is 31.2. The van der Waals surface area contributed by atoms with Crippen LogP contribution in [0.3, 0.4) is 0 Å². The van der Waals surface area contributed by atoms with Gasteiger partial charge >= 0.3 is 19.8 Å². The molecular weight excluding hydrogens is 1270 g/mol. The molecule has 0 aromatic carbocycles. The first-order chi connectivity index (χ1) is 49.8. The van der Waals surface area contributed by atoms with Gasteiger partial charge in [0.2, 0.25) is 0 Å². The lowest BCUT2D eigenvalue weighted by molar-refractivity contribution is -0.161. The molecule has 0 aliphatic heterocycles. The molecule has 572 valence electrons. The normalized spacial score (nSPS) is 13.9. The maximum Gasteiger partial charge on any atom is 0.472 e. The number of rotatable bonds is 75. The van der Waals surface area contributed by atoms with Crippen molar-refractivity contribution in [2.75, 3.05) is 26.4 Å². The minimum Gasteiger partial charge on any atom is -0.462 e. The van der Waals surface area contributed by atoms with Crippen LogP contribution < -0.4 is 5.73 Å². The van der Waals surface area contributed by atoms with Gasteiger partial charge < -0.3 is 20.1 Å². The van der Waals surface area contributed by atoms with E-state index < -0.39 is 26.5 Å². The Hall–Kier alpha value is -5.15. The third-order valence-electron chi connectivity index (χ3n) is 17.0. The molecule has 0 saturated heterocycles. The van der Waals surface area contributed by atoms with Gasteiger partial charge in [0.1, 0.15) is 6.61 Å². The standard InChI is InChI=1S/C91H150NO8P/c1-3-5-7-9-11-13-15-17-19-21-23-25-27-29-31-33-35-37-39-41-43-44-46-48-50-52-54-56-58-60-62-64-66-68-70-72-74-76-78-80-82-84-91(94)100-89(88-99-101(95,96)98-86-85-92)87-97-90(93)83-81-79-77-75-73-71-69-67-65-63-61-59-57-55-53-51-49-47-45-42-40-38-36-34-32-30-28-26-24-22-20-18-16-14-12-10-8-6-4-2/h5-8,11-14,17-20,23-26,29-32,35-38,41-43,45-46,48,52,54,89H,3-4,9-10,15-16,21-22,27-28,33-34,39-40,44,47,49-51,53,55-88,92H2,1-2H3,(H,95,96)/b7-5-,8-6-,13-11-,14-12-,19-17-,20-18-,25-23-,26-24-,31-29-,32-30-,37-35-,38-36-,43-41-,45-42-,48-46-,54-52-. The number of hydrogen-bond acceptors (Lipinski definition) is 8. The van der Waals surface area contributed by atoms with Crippen molar-refractivity contribution in [1.82, 2.24) is 0 Å². The Morgan fingerprint density at radius 2 is 0.515 bits per heavy atom. The molecule has 2 atom stereocenters. The van der Waals surface area contributed by atoms with E-state index in [1.807, 2.05) is 0 Å². The van der Waals surface area contributed by atoms with Crippen molar-refractivity contribution in [3.8, 4) is 0 Å². The molecule has 3 N–H and O–H groups in total. The zero-order chi connectivity index (χ0) is 72.9. The fraction of sp³-hybridized carbons (Fsp3) is 0.626. The van der Waals surface area contributed by atoms with Crippen LogP contribution in [0.2, 0.25) is 0 Å². The number of phosphoric acid groups is 1. The van der Waals surface area contributed by atoms with Crippen LogP contribution in [0.1, 0.15) is 335 Å². The molecule has 0 heterocycles. The molecule has 10 heteroatoms. The summed E-state index contributed by atoms with van der Waals surface area (Å²) in [5, 5.41) is 0. The Morgan fingerprint density at radius 1 is 0.297 bits per heavy atom. The van der Waals surface area contributed by atoms with Crippen molar-refractivity contribution in [3.63, 3.8) is 0 Å². The summed E-state index contributed by atoms with van der Waals surface area (Å²) in [7, 11) is -4.41. The largest absolute Gasteiger partial charge is 0.472 e. The van der Waals surface area contributed by atoms with Crippen LogP contribution >= 0.6 is 7.82 Å². The zero-order valence-electron chi connectivity index (χ0n) is 64.6. The van der Waals surface area contributed by atoms with Gasteiger partial charge in [-0.15, -0.1) is 0 Å². The summed E-state index contributed by atoms with van der Waals surface area (Å²) in [5.41, 5.74) is 5.42. The van der Waals surface area contributed by atoms with E-state index in [2.05, 4.69) is 208 Å². The smallest absolute Gasteiger partial charge is 0.462 e. The minimum atomic E-state index is -4.41. The second kappa shape index (κ2) is 83.8. The van der Waals surface area contributed by atoms with E-state index in [9.17, 15) is 19.0 Å². The SMILES string of the molecule is CC/C=C\C/C=C\C/C=C\C/C=C\C/C=C\C/C=C\C/C=C\C/C=C\C/C=C\CCCCCCCCCCCCCCCC(=O)OC(COC(=O)CCCCCCCCCCCCCCCCCCC/C=C\C/C=C\C/C=C\C/C=C\C/C=C\C/C=C\C/C=C\CC)COP(=O)(O)OCCN. The quantitative estimate of drug-likeness (QED) is 0.0264. The second-order valence-corrected chi connectivity index (χ2v) is 28.0. The third kappa shape index (κ3) is 83.7. The molecule has 0 amide bonds. The molecule has 0 radical (unpaired) electrons. The minimum absolute atomic E-state index is 0.0469. The Labute approximate surface area is 621 Å². The number of hydrogen-bond donors (Lipinski definition) is 2. The van der Waals surface area contributed by atoms with Crippen molar-refractivity contribution in [1.29, 1.82) is 0 Å². The first kappa shape index (κ1) is 95.8. The predicted molar refractivity (Wildman–Crippen MR) is 440 cm³/mol. The number of carbonyl (C=O) groups is 2. The zero-order valence-corrected chi connectivity index (χ0v) is 65.5. The molecule has 0 fully saturated rings. The molecule has 0 rings (SSSR count). The van der Waals surface area contributed by atoms with Crippen LogP contribution in [0, 0.1) is 0 Å². The first-order valence-corrected chi connectivity index (χ1v) is 42.4. The maximum absolute atomic E-state index is 12.8. The molecule has 0 spiro atoms. The van der Waals surface area contributed by atoms with Crippen LogP contribution in [0.25, 0.3) is 0 Å². The van der Waals surface area contributed by atoms with Gasteiger partial charge in [-0.1, -0.05) is 375 Å². The van der Waals surface area contributed by atoms with Gasteiger partial charge in [-0.2, -0.15) is 0 Å². The second-order valence-electron chi connectivity index (χ2n) is 26.5. The topological polar surface area (TPSA) is 134 Å². The Bertz CT molecular complexity index is 2370. The molecule has 0 aliphatic carbocycles. The van der Waals surface area contributed by atoms with Gasteiger partial charge in [-0.25, -0.2) is 4.57 Å². The highest BCUT2D eigenvalue weighted by Crippen LogP contribution is 2.43. The summed E-state index contributed by atoms with van der Waals surface area (Å²) in [6, 6.07) is 0. The van der Waals surface area contributed by atoms with Gasteiger partial charge in [0, 0.05) is 19.4 Å². The number of phosphoric ester groups is 1. The lowest BCUT2D eigenvalue weighted by Crippen LogP contribution is -2.29. The van der Waals surface area contributed by atoms with Gasteiger partial charge in [0.25, 0.3) is 0 Å². The van der Waals surface area contributed by atoms with E-state index in [1.165, 1.54) is 161 Å². The van der Waals surface area contributed by atoms with Gasteiger partial charge in [0.05, 0.1) is 13.2 Å². The summed E-state index contributed by atoms with van der Waals surface area (Å²) >= 11 is 0. The van der Waals surface area contributed by atoms with Crippen LogP contribution in [0.4, 0.5) is 0 Å². The third-order valence-corrected chi connectivity index (χ3v) is 18.0. The van der Waals surface area contributed by atoms with Crippen molar-refractivity contribution < 1.29 is 37.6 Å². The van der Waals surface area contributed by atoms with Crippen LogP contribution in [-0.4, -0.2) is 49.3 Å². The predicted octanol–water partition coefficient (Wildman–Crippen LogP) is 28.0. The molecule has 0 saturated carbocycles. The average Bonchev–Trinajstić information content (AvgIpc) is 1.04. The summed E-state index contributed by atoms with van der Waals surface area (Å²) in [5.74, 6) is -0.828. The van der Waals surface area contributed by atoms with E-state index >= 15 is 0 Å². The summed E-state index contributed by atoms with van der Waals surface area (Å²) in [4.78, 5) is 35.5. The molecule has 9 nitrogen and oxygen atoms in total. The van der Waals surface area contributed by atoms with Crippen molar-refractivity contribution in [3.05, 3.63) is 194 Å². The Kier molecular flexibility index (Phi) is 79.5. The molecular formula is C91H150NO8P. The number of unbranched alkanes of at least 4 members (excludes halogenated alkanes) is 30. The van der Waals surface area contributed by atoms with Crippen LogP contribution in [-0.2, 0) is 32.7 Å². The van der Waals surface area contributed by atoms with E-state index in [0.29, 0.717) is 6.42 Å². The number of nitrogens with two attached hydrogens (primary N) is 1. The van der Waals surface area contributed by atoms with E-state index in [1.54, 1.807) is 0 Å². The van der Waals surface area contributed by atoms with Crippen LogP contribution in [0.5, 0.6) is 0 Å². The van der Waals surface area contributed by atoms with E-state index in [0.717, 1.165) is 141 Å². The lowest BCUT2D eigenvalue weighted by Gasteiger charge is -2.19.